The number of hydrogen-bond donors (Lipinski definition) is 1. The number of fused-ring (bicyclic) bond motifs is 1. The van der Waals surface area contributed by atoms with E-state index in [4.69, 9.17) is 9.16 Å². The standard InChI is InChI=1S/C19H26O4Si/c1-19(2,3)24(4,5)23-13-12-22-17-15-9-7-6-8-14(15)10-11-16(17)18(20)21/h6-11H,12-13H2,1-5H3,(H,20,21). The van der Waals surface area contributed by atoms with E-state index in [0.29, 0.717) is 19.0 Å². The van der Waals surface area contributed by atoms with Crippen molar-refractivity contribution in [1.82, 2.24) is 0 Å². The molecule has 0 saturated carbocycles. The normalized spacial score (nSPS) is 12.4. The molecule has 0 heterocycles. The molecule has 0 saturated heterocycles. The molecule has 0 radical (unpaired) electrons. The second-order valence-corrected chi connectivity index (χ2v) is 12.2. The summed E-state index contributed by atoms with van der Waals surface area (Å²) in [6.07, 6.45) is 0. The number of hydrogen-bond acceptors (Lipinski definition) is 3. The van der Waals surface area contributed by atoms with Crippen LogP contribution in [0.4, 0.5) is 0 Å². The van der Waals surface area contributed by atoms with Crippen molar-refractivity contribution in [2.45, 2.75) is 38.9 Å². The molecular formula is C19H26O4Si. The molecule has 2 aromatic rings. The summed E-state index contributed by atoms with van der Waals surface area (Å²) in [6.45, 7) is 11.7. The maximum Gasteiger partial charge on any atom is 0.339 e. The van der Waals surface area contributed by atoms with E-state index in [2.05, 4.69) is 33.9 Å². The number of benzene rings is 2. The molecule has 0 aromatic heterocycles. The fraction of sp³-hybridized carbons (Fsp3) is 0.421. The molecule has 130 valence electrons. The van der Waals surface area contributed by atoms with E-state index < -0.39 is 14.3 Å². The van der Waals surface area contributed by atoms with Crippen LogP contribution >= 0.6 is 0 Å². The van der Waals surface area contributed by atoms with Gasteiger partial charge in [-0.15, -0.1) is 0 Å². The van der Waals surface area contributed by atoms with Crippen LogP contribution in [-0.4, -0.2) is 32.6 Å². The molecule has 0 aliphatic carbocycles. The van der Waals surface area contributed by atoms with Gasteiger partial charge in [-0.2, -0.15) is 0 Å². The number of carboxylic acid groups (broad SMARTS) is 1. The fourth-order valence-corrected chi connectivity index (χ4v) is 3.25. The molecular weight excluding hydrogens is 320 g/mol. The van der Waals surface area contributed by atoms with Gasteiger partial charge in [0.15, 0.2) is 8.32 Å². The third-order valence-corrected chi connectivity index (χ3v) is 9.25. The first kappa shape index (κ1) is 18.5. The fourth-order valence-electron chi connectivity index (χ4n) is 2.22. The lowest BCUT2D eigenvalue weighted by Crippen LogP contribution is -2.41. The molecule has 4 nitrogen and oxygen atoms in total. The van der Waals surface area contributed by atoms with Crippen LogP contribution in [0.1, 0.15) is 31.1 Å². The molecule has 1 N–H and O–H groups in total. The minimum Gasteiger partial charge on any atom is -0.490 e. The number of aromatic carboxylic acids is 1. The summed E-state index contributed by atoms with van der Waals surface area (Å²) in [5, 5.41) is 11.3. The Labute approximate surface area is 144 Å². The van der Waals surface area contributed by atoms with Crippen LogP contribution in [0.5, 0.6) is 5.75 Å². The van der Waals surface area contributed by atoms with Crippen molar-refractivity contribution < 1.29 is 19.1 Å². The molecule has 0 fully saturated rings. The van der Waals surface area contributed by atoms with Crippen molar-refractivity contribution in [2.75, 3.05) is 13.2 Å². The van der Waals surface area contributed by atoms with Crippen molar-refractivity contribution in [2.24, 2.45) is 0 Å². The van der Waals surface area contributed by atoms with Crippen LogP contribution < -0.4 is 4.74 Å². The monoisotopic (exact) mass is 346 g/mol. The van der Waals surface area contributed by atoms with Gasteiger partial charge in [-0.05, 0) is 29.6 Å². The van der Waals surface area contributed by atoms with Gasteiger partial charge >= 0.3 is 5.97 Å². The Balaban J connectivity index is 2.15. The van der Waals surface area contributed by atoms with Crippen LogP contribution in [0.15, 0.2) is 36.4 Å². The van der Waals surface area contributed by atoms with Crippen LogP contribution in [0.3, 0.4) is 0 Å². The lowest BCUT2D eigenvalue weighted by Gasteiger charge is -2.36. The predicted octanol–water partition coefficient (Wildman–Crippen LogP) is 4.94. The van der Waals surface area contributed by atoms with E-state index in [9.17, 15) is 9.90 Å². The van der Waals surface area contributed by atoms with E-state index in [1.807, 2.05) is 24.3 Å². The second kappa shape index (κ2) is 6.95. The van der Waals surface area contributed by atoms with Gasteiger partial charge < -0.3 is 14.3 Å². The molecule has 5 heteroatoms. The van der Waals surface area contributed by atoms with E-state index in [1.165, 1.54) is 0 Å². The van der Waals surface area contributed by atoms with E-state index in [1.54, 1.807) is 12.1 Å². The van der Waals surface area contributed by atoms with Gasteiger partial charge in [0, 0.05) is 5.39 Å². The first-order valence-corrected chi connectivity index (χ1v) is 11.1. The smallest absolute Gasteiger partial charge is 0.339 e. The topological polar surface area (TPSA) is 55.8 Å². The Morgan fingerprint density at radius 3 is 2.38 bits per heavy atom. The Morgan fingerprint density at radius 1 is 1.08 bits per heavy atom. The summed E-state index contributed by atoms with van der Waals surface area (Å²) in [4.78, 5) is 11.5. The Kier molecular flexibility index (Phi) is 5.35. The van der Waals surface area contributed by atoms with Crippen molar-refractivity contribution in [1.29, 1.82) is 0 Å². The molecule has 2 rings (SSSR count). The molecule has 24 heavy (non-hydrogen) atoms. The Morgan fingerprint density at radius 2 is 1.75 bits per heavy atom. The molecule has 0 amide bonds. The van der Waals surface area contributed by atoms with Crippen LogP contribution in [0.25, 0.3) is 10.8 Å². The van der Waals surface area contributed by atoms with Gasteiger partial charge in [-0.1, -0.05) is 51.1 Å². The lowest BCUT2D eigenvalue weighted by molar-refractivity contribution is 0.0691. The summed E-state index contributed by atoms with van der Waals surface area (Å²) in [6, 6.07) is 11.0. The van der Waals surface area contributed by atoms with Gasteiger partial charge in [0.2, 0.25) is 0 Å². The zero-order valence-corrected chi connectivity index (χ0v) is 16.1. The van der Waals surface area contributed by atoms with Gasteiger partial charge in [-0.3, -0.25) is 0 Å². The molecule has 2 aromatic carbocycles. The minimum atomic E-state index is -1.83. The first-order chi connectivity index (χ1) is 11.1. The number of rotatable bonds is 6. The van der Waals surface area contributed by atoms with Crippen LogP contribution in [0.2, 0.25) is 18.1 Å². The zero-order valence-electron chi connectivity index (χ0n) is 15.1. The van der Waals surface area contributed by atoms with Crippen molar-refractivity contribution in [3.8, 4) is 5.75 Å². The number of carbonyl (C=O) groups is 1. The highest BCUT2D eigenvalue weighted by molar-refractivity contribution is 6.74. The summed E-state index contributed by atoms with van der Waals surface area (Å²) in [5.74, 6) is -0.569. The summed E-state index contributed by atoms with van der Waals surface area (Å²) in [5.41, 5.74) is 0.182. The van der Waals surface area contributed by atoms with Gasteiger partial charge in [0.05, 0.1) is 6.61 Å². The zero-order chi connectivity index (χ0) is 18.0. The largest absolute Gasteiger partial charge is 0.490 e. The maximum atomic E-state index is 11.5. The van der Waals surface area contributed by atoms with Gasteiger partial charge in [-0.25, -0.2) is 4.79 Å². The third kappa shape index (κ3) is 3.97. The van der Waals surface area contributed by atoms with Crippen molar-refractivity contribution >= 4 is 25.1 Å². The minimum absolute atomic E-state index is 0.138. The SMILES string of the molecule is CC(C)(C)[Si](C)(C)OCCOc1c(C(=O)O)ccc2ccccc12. The molecule has 0 aliphatic rings. The van der Waals surface area contributed by atoms with E-state index in [0.717, 1.165) is 10.8 Å². The molecule has 0 spiro atoms. The Hall–Kier alpha value is -1.85. The van der Waals surface area contributed by atoms with Crippen molar-refractivity contribution in [3.05, 3.63) is 42.0 Å². The molecule has 0 unspecified atom stereocenters. The average molecular weight is 346 g/mol. The van der Waals surface area contributed by atoms with Crippen molar-refractivity contribution in [3.63, 3.8) is 0 Å². The molecule has 0 atom stereocenters. The molecule has 0 bridgehead atoms. The van der Waals surface area contributed by atoms with E-state index in [-0.39, 0.29) is 10.6 Å². The van der Waals surface area contributed by atoms with Crippen LogP contribution in [-0.2, 0) is 4.43 Å². The Bertz CT molecular complexity index is 732. The third-order valence-electron chi connectivity index (χ3n) is 4.71. The summed E-state index contributed by atoms with van der Waals surface area (Å²) < 4.78 is 11.9. The number of carboxylic acids is 1. The number of ether oxygens (including phenoxy) is 1. The molecule has 0 aliphatic heterocycles. The quantitative estimate of drug-likeness (QED) is 0.594. The van der Waals surface area contributed by atoms with E-state index >= 15 is 0 Å². The first-order valence-electron chi connectivity index (χ1n) is 8.15. The summed E-state index contributed by atoms with van der Waals surface area (Å²) in [7, 11) is -1.83. The highest BCUT2D eigenvalue weighted by Gasteiger charge is 2.36. The van der Waals surface area contributed by atoms with Gasteiger partial charge in [0.1, 0.15) is 17.9 Å². The second-order valence-electron chi connectivity index (χ2n) is 7.43. The highest BCUT2D eigenvalue weighted by atomic mass is 28.4. The maximum absolute atomic E-state index is 11.5. The average Bonchev–Trinajstić information content (AvgIpc) is 2.50. The van der Waals surface area contributed by atoms with Gasteiger partial charge in [0.25, 0.3) is 0 Å². The van der Waals surface area contributed by atoms with Crippen LogP contribution in [0, 0.1) is 0 Å². The highest BCUT2D eigenvalue weighted by Crippen LogP contribution is 2.36. The lowest BCUT2D eigenvalue weighted by atomic mass is 10.1. The predicted molar refractivity (Wildman–Crippen MR) is 99.6 cm³/mol. The summed E-state index contributed by atoms with van der Waals surface area (Å²) >= 11 is 0.